The summed E-state index contributed by atoms with van der Waals surface area (Å²) in [6.07, 6.45) is 4.55. The van der Waals surface area contributed by atoms with Gasteiger partial charge in [-0.2, -0.15) is 0 Å². The van der Waals surface area contributed by atoms with Crippen LogP contribution in [0.15, 0.2) is 88.0 Å². The van der Waals surface area contributed by atoms with Crippen molar-refractivity contribution < 1.29 is 5.11 Å². The first-order chi connectivity index (χ1) is 12.1. The Hall–Kier alpha value is -2.39. The van der Waals surface area contributed by atoms with Crippen molar-refractivity contribution in [1.29, 1.82) is 0 Å². The zero-order valence-electron chi connectivity index (χ0n) is 14.9. The van der Waals surface area contributed by atoms with Gasteiger partial charge in [0.15, 0.2) is 0 Å². The summed E-state index contributed by atoms with van der Waals surface area (Å²) in [5.74, 6) is 0. The molecule has 0 fully saturated rings. The number of fused-ring (bicyclic) bond motifs is 2. The highest BCUT2D eigenvalue weighted by Gasteiger charge is 2.26. The standard InChI is InChI=1S/C22H23NOS/c1-5-23-20-13-18-10-6-7-11-19(18)14-21(20)25-22(23)17(4)16(3)15(2)9-8-12-24/h6-14,24H,3,5H2,1-2,4H3/b12-8-,15-9+,22-17-. The molecule has 0 saturated carbocycles. The van der Waals surface area contributed by atoms with Crippen LogP contribution in [0.3, 0.4) is 0 Å². The summed E-state index contributed by atoms with van der Waals surface area (Å²) in [7, 11) is 0. The minimum absolute atomic E-state index is 0.914. The number of aliphatic hydroxyl groups is 1. The van der Waals surface area contributed by atoms with E-state index in [2.05, 4.69) is 61.7 Å². The summed E-state index contributed by atoms with van der Waals surface area (Å²) in [6, 6.07) is 13.0. The predicted molar refractivity (Wildman–Crippen MR) is 110 cm³/mol. The number of anilines is 1. The van der Waals surface area contributed by atoms with Crippen molar-refractivity contribution in [2.45, 2.75) is 25.7 Å². The van der Waals surface area contributed by atoms with E-state index in [-0.39, 0.29) is 0 Å². The van der Waals surface area contributed by atoms with E-state index >= 15 is 0 Å². The summed E-state index contributed by atoms with van der Waals surface area (Å²) < 4.78 is 0. The van der Waals surface area contributed by atoms with Gasteiger partial charge < -0.3 is 10.0 Å². The highest BCUT2D eigenvalue weighted by molar-refractivity contribution is 8.03. The second-order valence-electron chi connectivity index (χ2n) is 6.11. The maximum absolute atomic E-state index is 8.86. The highest BCUT2D eigenvalue weighted by Crippen LogP contribution is 2.49. The van der Waals surface area contributed by atoms with Crippen LogP contribution in [0.2, 0.25) is 0 Å². The third-order valence-corrected chi connectivity index (χ3v) is 5.83. The van der Waals surface area contributed by atoms with Crippen LogP contribution < -0.4 is 4.90 Å². The number of rotatable bonds is 4. The largest absolute Gasteiger partial charge is 0.516 e. The lowest BCUT2D eigenvalue weighted by molar-refractivity contribution is 0.473. The Morgan fingerprint density at radius 2 is 1.88 bits per heavy atom. The monoisotopic (exact) mass is 349 g/mol. The summed E-state index contributed by atoms with van der Waals surface area (Å²) in [5.41, 5.74) is 4.49. The fraction of sp³-hybridized carbons (Fsp3) is 0.182. The molecule has 1 N–H and O–H groups in total. The summed E-state index contributed by atoms with van der Waals surface area (Å²) in [6.45, 7) is 11.5. The fourth-order valence-corrected chi connectivity index (χ4v) is 4.36. The van der Waals surface area contributed by atoms with Gasteiger partial charge >= 0.3 is 0 Å². The van der Waals surface area contributed by atoms with Crippen LogP contribution in [-0.2, 0) is 0 Å². The Bertz CT molecular complexity index is 921. The zero-order chi connectivity index (χ0) is 18.0. The van der Waals surface area contributed by atoms with Gasteiger partial charge in [0.2, 0.25) is 0 Å². The van der Waals surface area contributed by atoms with Crippen LogP contribution in [0.5, 0.6) is 0 Å². The number of hydrogen-bond acceptors (Lipinski definition) is 3. The second kappa shape index (κ2) is 7.24. The predicted octanol–water partition coefficient (Wildman–Crippen LogP) is 6.58. The number of hydrogen-bond donors (Lipinski definition) is 1. The quantitative estimate of drug-likeness (QED) is 0.498. The van der Waals surface area contributed by atoms with E-state index in [1.807, 2.05) is 24.8 Å². The van der Waals surface area contributed by atoms with Crippen LogP contribution in [0.1, 0.15) is 20.8 Å². The van der Waals surface area contributed by atoms with E-state index in [0.29, 0.717) is 0 Å². The molecule has 0 spiro atoms. The fourth-order valence-electron chi connectivity index (χ4n) is 3.07. The molecule has 1 aliphatic rings. The van der Waals surface area contributed by atoms with Gasteiger partial charge in [-0.15, -0.1) is 0 Å². The average molecular weight is 349 g/mol. The van der Waals surface area contributed by atoms with Crippen molar-refractivity contribution in [3.05, 3.63) is 83.1 Å². The van der Waals surface area contributed by atoms with E-state index in [1.54, 1.807) is 6.08 Å². The molecular weight excluding hydrogens is 326 g/mol. The molecular formula is C22H23NOS. The number of aliphatic hydroxyl groups excluding tert-OH is 1. The second-order valence-corrected chi connectivity index (χ2v) is 7.14. The molecule has 128 valence electrons. The van der Waals surface area contributed by atoms with Crippen molar-refractivity contribution in [3.63, 3.8) is 0 Å². The van der Waals surface area contributed by atoms with Crippen LogP contribution in [-0.4, -0.2) is 11.7 Å². The van der Waals surface area contributed by atoms with E-state index in [9.17, 15) is 0 Å². The molecule has 2 aromatic rings. The molecule has 3 heteroatoms. The maximum atomic E-state index is 8.86. The molecule has 2 nitrogen and oxygen atoms in total. The molecule has 1 aliphatic heterocycles. The lowest BCUT2D eigenvalue weighted by atomic mass is 10.0. The number of allylic oxidation sites excluding steroid dienone is 5. The Kier molecular flexibility index (Phi) is 5.05. The van der Waals surface area contributed by atoms with Gasteiger partial charge in [-0.3, -0.25) is 0 Å². The highest BCUT2D eigenvalue weighted by atomic mass is 32.2. The SMILES string of the molecule is C=C(/C(C)=C1\Sc2cc3ccccc3cc2N1CC)/C(C)=C/C=C\O. The molecule has 3 rings (SSSR count). The first-order valence-electron chi connectivity index (χ1n) is 8.43. The molecule has 1 heterocycles. The molecule has 0 aromatic heterocycles. The molecule has 0 unspecified atom stereocenters. The molecule has 25 heavy (non-hydrogen) atoms. The summed E-state index contributed by atoms with van der Waals surface area (Å²) in [4.78, 5) is 3.65. The van der Waals surface area contributed by atoms with Gasteiger partial charge in [0.05, 0.1) is 17.0 Å². The molecule has 2 aromatic carbocycles. The number of nitrogens with zero attached hydrogens (tertiary/aromatic N) is 1. The summed E-state index contributed by atoms with van der Waals surface area (Å²) >= 11 is 1.81. The molecule has 0 aliphatic carbocycles. The Balaban J connectivity index is 2.05. The van der Waals surface area contributed by atoms with Gasteiger partial charge in [0, 0.05) is 11.4 Å². The zero-order valence-corrected chi connectivity index (χ0v) is 15.7. The minimum Gasteiger partial charge on any atom is -0.516 e. The van der Waals surface area contributed by atoms with Crippen molar-refractivity contribution in [2.24, 2.45) is 0 Å². The Labute approximate surface area is 153 Å². The van der Waals surface area contributed by atoms with Gasteiger partial charge in [-0.25, -0.2) is 0 Å². The molecule has 0 radical (unpaired) electrons. The molecule has 0 saturated heterocycles. The minimum atomic E-state index is 0.914. The lowest BCUT2D eigenvalue weighted by Gasteiger charge is -2.21. The van der Waals surface area contributed by atoms with Crippen LogP contribution in [0, 0.1) is 0 Å². The molecule has 0 bridgehead atoms. The number of thioether (sulfide) groups is 1. The third kappa shape index (κ3) is 3.24. The number of benzene rings is 2. The normalized spacial score (nSPS) is 16.6. The van der Waals surface area contributed by atoms with Crippen molar-refractivity contribution in [3.8, 4) is 0 Å². The van der Waals surface area contributed by atoms with E-state index < -0.39 is 0 Å². The Morgan fingerprint density at radius 1 is 1.20 bits per heavy atom. The van der Waals surface area contributed by atoms with Crippen molar-refractivity contribution >= 4 is 28.2 Å². The van der Waals surface area contributed by atoms with Crippen LogP contribution >= 0.6 is 11.8 Å². The van der Waals surface area contributed by atoms with Crippen LogP contribution in [0.25, 0.3) is 10.8 Å². The Morgan fingerprint density at radius 3 is 2.52 bits per heavy atom. The van der Waals surface area contributed by atoms with Gasteiger partial charge in [-0.1, -0.05) is 48.7 Å². The smallest absolute Gasteiger partial charge is 0.0837 e. The average Bonchev–Trinajstić information content (AvgIpc) is 3.00. The van der Waals surface area contributed by atoms with Gasteiger partial charge in [0.1, 0.15) is 0 Å². The van der Waals surface area contributed by atoms with Crippen molar-refractivity contribution in [1.82, 2.24) is 0 Å². The summed E-state index contributed by atoms with van der Waals surface area (Å²) in [5, 5.41) is 12.6. The van der Waals surface area contributed by atoms with Crippen molar-refractivity contribution in [2.75, 3.05) is 11.4 Å². The third-order valence-electron chi connectivity index (χ3n) is 4.57. The maximum Gasteiger partial charge on any atom is 0.0837 e. The first kappa shape index (κ1) is 17.4. The van der Waals surface area contributed by atoms with E-state index in [4.69, 9.17) is 5.11 Å². The van der Waals surface area contributed by atoms with Gasteiger partial charge in [0.25, 0.3) is 0 Å². The first-order valence-corrected chi connectivity index (χ1v) is 9.24. The van der Waals surface area contributed by atoms with Crippen LogP contribution in [0.4, 0.5) is 5.69 Å². The molecule has 0 atom stereocenters. The van der Waals surface area contributed by atoms with E-state index in [1.165, 1.54) is 32.0 Å². The van der Waals surface area contributed by atoms with Gasteiger partial charge in [-0.05, 0) is 66.5 Å². The van der Waals surface area contributed by atoms with E-state index in [0.717, 1.165) is 24.0 Å². The molecule has 0 amide bonds. The topological polar surface area (TPSA) is 23.5 Å². The lowest BCUT2D eigenvalue weighted by Crippen LogP contribution is -2.18.